The fourth-order valence-electron chi connectivity index (χ4n) is 1.72. The summed E-state index contributed by atoms with van der Waals surface area (Å²) in [6, 6.07) is 2.99. The highest BCUT2D eigenvalue weighted by molar-refractivity contribution is 7.90. The topological polar surface area (TPSA) is 98.5 Å². The first-order chi connectivity index (χ1) is 9.74. The van der Waals surface area contributed by atoms with Crippen molar-refractivity contribution in [2.45, 2.75) is 13.3 Å². The molecule has 0 unspecified atom stereocenters. The average Bonchev–Trinajstić information content (AvgIpc) is 2.34. The van der Waals surface area contributed by atoms with Crippen molar-refractivity contribution in [3.8, 4) is 0 Å². The van der Waals surface area contributed by atoms with Crippen LogP contribution in [-0.2, 0) is 14.6 Å². The van der Waals surface area contributed by atoms with Crippen molar-refractivity contribution >= 4 is 38.8 Å². The second-order valence-electron chi connectivity index (χ2n) is 4.56. The Labute approximate surface area is 129 Å². The van der Waals surface area contributed by atoms with Gasteiger partial charge in [0.05, 0.1) is 28.6 Å². The van der Waals surface area contributed by atoms with Crippen molar-refractivity contribution in [2.75, 3.05) is 36.2 Å². The van der Waals surface area contributed by atoms with Crippen LogP contribution < -0.4 is 11.1 Å². The number of sulfone groups is 1. The average molecular weight is 335 g/mol. The molecule has 0 heterocycles. The number of carbonyl (C=O) groups excluding carboxylic acids is 1. The van der Waals surface area contributed by atoms with Crippen molar-refractivity contribution in [3.05, 3.63) is 22.7 Å². The number of nitrogens with two attached hydrogens (primary N) is 1. The number of nitrogens with one attached hydrogen (secondary N) is 1. The number of hydrogen-bond donors (Lipinski definition) is 2. The molecular formula is C13H19ClN2O4S. The number of ether oxygens (including phenoxy) is 1. The maximum atomic E-state index is 11.9. The first-order valence-electron chi connectivity index (χ1n) is 6.42. The van der Waals surface area contributed by atoms with Crippen LogP contribution in [0, 0.1) is 0 Å². The summed E-state index contributed by atoms with van der Waals surface area (Å²) in [6.07, 6.45) is 1.58. The van der Waals surface area contributed by atoms with Gasteiger partial charge in [-0.1, -0.05) is 11.6 Å². The van der Waals surface area contributed by atoms with Gasteiger partial charge in [-0.15, -0.1) is 0 Å². The Kier molecular flexibility index (Phi) is 6.29. The number of nitrogen functional groups attached to an aromatic ring is 1. The summed E-state index contributed by atoms with van der Waals surface area (Å²) < 4.78 is 27.1. The molecule has 0 fully saturated rings. The largest absolute Gasteiger partial charge is 0.462 e. The zero-order chi connectivity index (χ0) is 16.0. The van der Waals surface area contributed by atoms with E-state index in [1.807, 2.05) is 0 Å². The van der Waals surface area contributed by atoms with Crippen LogP contribution in [0.2, 0.25) is 5.02 Å². The minimum absolute atomic E-state index is 0.0569. The number of halogens is 1. The third-order valence-electron chi connectivity index (χ3n) is 2.60. The van der Waals surface area contributed by atoms with Gasteiger partial charge < -0.3 is 15.8 Å². The van der Waals surface area contributed by atoms with Gasteiger partial charge >= 0.3 is 5.97 Å². The predicted molar refractivity (Wildman–Crippen MR) is 84.6 cm³/mol. The van der Waals surface area contributed by atoms with Gasteiger partial charge in [0.25, 0.3) is 0 Å². The monoisotopic (exact) mass is 334 g/mol. The smallest absolute Gasteiger partial charge is 0.340 e. The number of rotatable bonds is 7. The van der Waals surface area contributed by atoms with Gasteiger partial charge in [-0.3, -0.25) is 0 Å². The molecule has 3 N–H and O–H groups in total. The van der Waals surface area contributed by atoms with E-state index in [0.29, 0.717) is 24.3 Å². The van der Waals surface area contributed by atoms with Gasteiger partial charge in [0.15, 0.2) is 0 Å². The third-order valence-corrected chi connectivity index (χ3v) is 3.93. The van der Waals surface area contributed by atoms with Crippen LogP contribution in [0.5, 0.6) is 0 Å². The first kappa shape index (κ1) is 17.6. The lowest BCUT2D eigenvalue weighted by Crippen LogP contribution is -2.14. The van der Waals surface area contributed by atoms with E-state index in [2.05, 4.69) is 5.32 Å². The van der Waals surface area contributed by atoms with Gasteiger partial charge in [0.2, 0.25) is 0 Å². The highest BCUT2D eigenvalue weighted by Crippen LogP contribution is 2.29. The molecule has 0 aliphatic heterocycles. The molecule has 21 heavy (non-hydrogen) atoms. The Morgan fingerprint density at radius 1 is 1.43 bits per heavy atom. The molecule has 1 aromatic rings. The minimum atomic E-state index is -3.02. The van der Waals surface area contributed by atoms with E-state index in [0.717, 1.165) is 0 Å². The molecule has 0 amide bonds. The summed E-state index contributed by atoms with van der Waals surface area (Å²) in [4.78, 5) is 11.9. The van der Waals surface area contributed by atoms with Crippen molar-refractivity contribution < 1.29 is 17.9 Å². The standard InChI is InChI=1S/C13H19ClN2O4S/c1-3-20-13(17)10-7-9(15)8-11(14)12(10)16-5-4-6-21(2,18)19/h7-8,16H,3-6,15H2,1-2H3. The van der Waals surface area contributed by atoms with Crippen molar-refractivity contribution in [2.24, 2.45) is 0 Å². The van der Waals surface area contributed by atoms with E-state index in [4.69, 9.17) is 22.1 Å². The van der Waals surface area contributed by atoms with E-state index < -0.39 is 15.8 Å². The van der Waals surface area contributed by atoms with Gasteiger partial charge in [-0.2, -0.15) is 0 Å². The molecule has 0 saturated carbocycles. The van der Waals surface area contributed by atoms with E-state index in [-0.39, 0.29) is 22.9 Å². The third kappa shape index (κ3) is 5.81. The number of carbonyl (C=O) groups is 1. The molecule has 118 valence electrons. The molecule has 8 heteroatoms. The lowest BCUT2D eigenvalue weighted by atomic mass is 10.1. The predicted octanol–water partition coefficient (Wildman–Crippen LogP) is 1.95. The van der Waals surface area contributed by atoms with Gasteiger partial charge in [-0.05, 0) is 25.5 Å². The molecule has 0 aliphatic carbocycles. The normalized spacial score (nSPS) is 11.2. The Balaban J connectivity index is 2.87. The van der Waals surface area contributed by atoms with Crippen LogP contribution in [0.15, 0.2) is 12.1 Å². The summed E-state index contributed by atoms with van der Waals surface area (Å²) in [7, 11) is -3.02. The maximum absolute atomic E-state index is 11.9. The van der Waals surface area contributed by atoms with Crippen LogP contribution in [-0.4, -0.2) is 39.5 Å². The molecule has 1 aromatic carbocycles. The first-order valence-corrected chi connectivity index (χ1v) is 8.86. The van der Waals surface area contributed by atoms with Gasteiger partial charge in [-0.25, -0.2) is 13.2 Å². The van der Waals surface area contributed by atoms with Crippen molar-refractivity contribution in [1.82, 2.24) is 0 Å². The molecular weight excluding hydrogens is 316 g/mol. The lowest BCUT2D eigenvalue weighted by Gasteiger charge is -2.14. The Hall–Kier alpha value is -1.47. The second-order valence-corrected chi connectivity index (χ2v) is 7.22. The molecule has 1 rings (SSSR count). The number of anilines is 2. The molecule has 0 aromatic heterocycles. The molecule has 6 nitrogen and oxygen atoms in total. The minimum Gasteiger partial charge on any atom is -0.462 e. The molecule has 0 bridgehead atoms. The zero-order valence-electron chi connectivity index (χ0n) is 12.0. The molecule has 0 saturated heterocycles. The van der Waals surface area contributed by atoms with Crippen LogP contribution in [0.3, 0.4) is 0 Å². The van der Waals surface area contributed by atoms with E-state index in [1.54, 1.807) is 6.92 Å². The molecule has 0 radical (unpaired) electrons. The Morgan fingerprint density at radius 2 is 2.10 bits per heavy atom. The maximum Gasteiger partial charge on any atom is 0.340 e. The van der Waals surface area contributed by atoms with E-state index in [9.17, 15) is 13.2 Å². The molecule has 0 aliphatic rings. The highest BCUT2D eigenvalue weighted by Gasteiger charge is 2.16. The summed E-state index contributed by atoms with van der Waals surface area (Å²) in [5.74, 6) is -0.473. The Morgan fingerprint density at radius 3 is 2.67 bits per heavy atom. The van der Waals surface area contributed by atoms with Crippen LogP contribution in [0.4, 0.5) is 11.4 Å². The number of esters is 1. The lowest BCUT2D eigenvalue weighted by molar-refractivity contribution is 0.0527. The fraction of sp³-hybridized carbons (Fsp3) is 0.462. The van der Waals surface area contributed by atoms with E-state index >= 15 is 0 Å². The second kappa shape index (κ2) is 7.51. The molecule has 0 spiro atoms. The van der Waals surface area contributed by atoms with Gasteiger partial charge in [0.1, 0.15) is 9.84 Å². The zero-order valence-corrected chi connectivity index (χ0v) is 13.6. The summed E-state index contributed by atoms with van der Waals surface area (Å²) >= 11 is 6.08. The number of benzene rings is 1. The van der Waals surface area contributed by atoms with Crippen molar-refractivity contribution in [1.29, 1.82) is 0 Å². The van der Waals surface area contributed by atoms with Crippen LogP contribution in [0.1, 0.15) is 23.7 Å². The Bertz CT molecular complexity index is 617. The van der Waals surface area contributed by atoms with Crippen LogP contribution >= 0.6 is 11.6 Å². The SMILES string of the molecule is CCOC(=O)c1cc(N)cc(Cl)c1NCCCS(C)(=O)=O. The quantitative estimate of drug-likeness (QED) is 0.449. The van der Waals surface area contributed by atoms with Crippen LogP contribution in [0.25, 0.3) is 0 Å². The molecule has 0 atom stereocenters. The van der Waals surface area contributed by atoms with Gasteiger partial charge in [0, 0.05) is 18.5 Å². The highest BCUT2D eigenvalue weighted by atomic mass is 35.5. The summed E-state index contributed by atoms with van der Waals surface area (Å²) in [6.45, 7) is 2.30. The van der Waals surface area contributed by atoms with Crippen molar-refractivity contribution in [3.63, 3.8) is 0 Å². The summed E-state index contributed by atoms with van der Waals surface area (Å²) in [5, 5.41) is 3.26. The van der Waals surface area contributed by atoms with E-state index in [1.165, 1.54) is 18.4 Å². The summed E-state index contributed by atoms with van der Waals surface area (Å²) in [5.41, 5.74) is 6.66. The fourth-order valence-corrected chi connectivity index (χ4v) is 2.69. The number of hydrogen-bond acceptors (Lipinski definition) is 6.